The summed E-state index contributed by atoms with van der Waals surface area (Å²) < 4.78 is 28.0. The monoisotopic (exact) mass is 312 g/mol. The predicted octanol–water partition coefficient (Wildman–Crippen LogP) is 0.517. The Morgan fingerprint density at radius 2 is 2.24 bits per heavy atom. The molecule has 1 aliphatic rings. The van der Waals surface area contributed by atoms with Gasteiger partial charge in [0, 0.05) is 13.1 Å². The van der Waals surface area contributed by atoms with Crippen molar-refractivity contribution in [3.05, 3.63) is 29.8 Å². The highest BCUT2D eigenvalue weighted by molar-refractivity contribution is 7.89. The van der Waals surface area contributed by atoms with E-state index >= 15 is 0 Å². The molecule has 6 nitrogen and oxygen atoms in total. The maximum Gasteiger partial charge on any atom is 0.227 e. The number of sulfonamides is 1. The summed E-state index contributed by atoms with van der Waals surface area (Å²) in [5.74, 6) is 0.609. The molecule has 1 saturated heterocycles. The first-order valence-electron chi connectivity index (χ1n) is 6.82. The van der Waals surface area contributed by atoms with Gasteiger partial charge in [0.1, 0.15) is 5.75 Å². The Hall–Kier alpha value is -1.60. The number of ether oxygens (including phenoxy) is 1. The molecule has 2 rings (SSSR count). The van der Waals surface area contributed by atoms with Crippen LogP contribution in [0.5, 0.6) is 5.75 Å². The quantitative estimate of drug-likeness (QED) is 0.877. The highest BCUT2D eigenvalue weighted by atomic mass is 32.2. The van der Waals surface area contributed by atoms with Gasteiger partial charge in [-0.15, -0.1) is 0 Å². The molecular weight excluding hydrogens is 292 g/mol. The minimum absolute atomic E-state index is 0.0865. The van der Waals surface area contributed by atoms with E-state index in [1.165, 1.54) is 0 Å². The van der Waals surface area contributed by atoms with E-state index in [9.17, 15) is 13.2 Å². The zero-order valence-corrected chi connectivity index (χ0v) is 12.8. The van der Waals surface area contributed by atoms with Crippen molar-refractivity contribution in [2.75, 3.05) is 20.2 Å². The third kappa shape index (κ3) is 4.18. The lowest BCUT2D eigenvalue weighted by atomic mass is 10.1. The number of rotatable bonds is 4. The Kier molecular flexibility index (Phi) is 4.84. The number of benzene rings is 1. The molecule has 0 spiro atoms. The highest BCUT2D eigenvalue weighted by Crippen LogP contribution is 2.18. The van der Waals surface area contributed by atoms with Gasteiger partial charge in [0.25, 0.3) is 0 Å². The van der Waals surface area contributed by atoms with Gasteiger partial charge in [-0.05, 0) is 30.5 Å². The van der Waals surface area contributed by atoms with Crippen LogP contribution in [0.15, 0.2) is 24.3 Å². The molecule has 1 aliphatic heterocycles. The Labute approximate surface area is 124 Å². The number of carbonyl (C=O) groups is 1. The van der Waals surface area contributed by atoms with Crippen molar-refractivity contribution in [2.45, 2.75) is 24.5 Å². The summed E-state index contributed by atoms with van der Waals surface area (Å²) in [6.07, 6.45) is 1.40. The maximum absolute atomic E-state index is 12.3. The first-order valence-corrected chi connectivity index (χ1v) is 8.43. The summed E-state index contributed by atoms with van der Waals surface area (Å²) in [6, 6.07) is 7.29. The Balaban J connectivity index is 2.02. The summed E-state index contributed by atoms with van der Waals surface area (Å²) in [6.45, 7) is 0.760. The Bertz CT molecular complexity index is 615. The summed E-state index contributed by atoms with van der Waals surface area (Å²) in [5, 5.41) is 4.53. The van der Waals surface area contributed by atoms with Crippen LogP contribution >= 0.6 is 0 Å². The topological polar surface area (TPSA) is 89.7 Å². The van der Waals surface area contributed by atoms with Gasteiger partial charge < -0.3 is 9.64 Å². The fourth-order valence-corrected chi connectivity index (χ4v) is 3.38. The molecule has 0 aromatic heterocycles. The zero-order valence-electron chi connectivity index (χ0n) is 12.0. The molecule has 21 heavy (non-hydrogen) atoms. The minimum Gasteiger partial charge on any atom is -0.497 e. The van der Waals surface area contributed by atoms with Crippen LogP contribution in [0.25, 0.3) is 0 Å². The van der Waals surface area contributed by atoms with Crippen LogP contribution in [0.2, 0.25) is 0 Å². The number of amides is 1. The molecule has 7 heteroatoms. The van der Waals surface area contributed by atoms with Gasteiger partial charge in [0.15, 0.2) is 0 Å². The van der Waals surface area contributed by atoms with E-state index in [0.29, 0.717) is 25.1 Å². The van der Waals surface area contributed by atoms with E-state index in [1.807, 2.05) is 18.2 Å². The van der Waals surface area contributed by atoms with Crippen LogP contribution in [0.3, 0.4) is 0 Å². The fraction of sp³-hybridized carbons (Fsp3) is 0.500. The molecule has 1 heterocycles. The average Bonchev–Trinajstić information content (AvgIpc) is 2.46. The number of carbonyl (C=O) groups excluding carboxylic acids is 1. The van der Waals surface area contributed by atoms with Crippen molar-refractivity contribution in [3.63, 3.8) is 0 Å². The van der Waals surface area contributed by atoms with E-state index in [4.69, 9.17) is 9.88 Å². The molecule has 0 bridgehead atoms. The second-order valence-electron chi connectivity index (χ2n) is 5.22. The number of methoxy groups -OCH3 is 1. The summed E-state index contributed by atoms with van der Waals surface area (Å²) >= 11 is 0. The summed E-state index contributed by atoms with van der Waals surface area (Å²) in [5.41, 5.74) is 0.845. The molecule has 1 fully saturated rings. The van der Waals surface area contributed by atoms with Gasteiger partial charge in [-0.25, -0.2) is 13.6 Å². The van der Waals surface area contributed by atoms with Crippen molar-refractivity contribution in [1.82, 2.24) is 4.90 Å². The lowest BCUT2D eigenvalue weighted by Crippen LogP contribution is -2.47. The van der Waals surface area contributed by atoms with Crippen molar-refractivity contribution < 1.29 is 17.9 Å². The van der Waals surface area contributed by atoms with E-state index in [1.54, 1.807) is 18.1 Å². The first-order chi connectivity index (χ1) is 9.90. The van der Waals surface area contributed by atoms with Crippen LogP contribution < -0.4 is 9.88 Å². The van der Waals surface area contributed by atoms with Crippen LogP contribution in [-0.2, 0) is 21.2 Å². The third-order valence-corrected chi connectivity index (χ3v) is 5.00. The molecule has 1 aromatic rings. The van der Waals surface area contributed by atoms with E-state index in [-0.39, 0.29) is 18.9 Å². The third-order valence-electron chi connectivity index (χ3n) is 3.68. The second kappa shape index (κ2) is 6.44. The molecule has 0 saturated carbocycles. The largest absolute Gasteiger partial charge is 0.497 e. The minimum atomic E-state index is -3.59. The molecular formula is C14H20N2O4S. The maximum atomic E-state index is 12.3. The van der Waals surface area contributed by atoms with Crippen molar-refractivity contribution >= 4 is 15.9 Å². The number of hydrogen-bond acceptors (Lipinski definition) is 4. The van der Waals surface area contributed by atoms with Crippen LogP contribution in [0, 0.1) is 0 Å². The van der Waals surface area contributed by atoms with Crippen molar-refractivity contribution in [2.24, 2.45) is 5.14 Å². The SMILES string of the molecule is COc1cccc(CC(=O)N2CCC[C@H](S(N)(=O)=O)C2)c1. The fourth-order valence-electron chi connectivity index (χ4n) is 2.50. The number of nitrogens with zero attached hydrogens (tertiary/aromatic N) is 1. The molecule has 1 amide bonds. The predicted molar refractivity (Wildman–Crippen MR) is 79.4 cm³/mol. The smallest absolute Gasteiger partial charge is 0.227 e. The number of likely N-dealkylation sites (tertiary alicyclic amines) is 1. The van der Waals surface area contributed by atoms with Gasteiger partial charge in [-0.1, -0.05) is 12.1 Å². The Morgan fingerprint density at radius 1 is 1.48 bits per heavy atom. The Morgan fingerprint density at radius 3 is 2.90 bits per heavy atom. The highest BCUT2D eigenvalue weighted by Gasteiger charge is 2.30. The van der Waals surface area contributed by atoms with Gasteiger partial charge in [0.2, 0.25) is 15.9 Å². The van der Waals surface area contributed by atoms with Gasteiger partial charge in [-0.2, -0.15) is 0 Å². The molecule has 0 radical (unpaired) electrons. The molecule has 2 N–H and O–H groups in total. The van der Waals surface area contributed by atoms with Crippen molar-refractivity contribution in [1.29, 1.82) is 0 Å². The van der Waals surface area contributed by atoms with Crippen LogP contribution in [0.4, 0.5) is 0 Å². The molecule has 116 valence electrons. The molecule has 1 atom stereocenters. The van der Waals surface area contributed by atoms with Gasteiger partial charge in [0.05, 0.1) is 18.8 Å². The van der Waals surface area contributed by atoms with E-state index in [2.05, 4.69) is 0 Å². The lowest BCUT2D eigenvalue weighted by molar-refractivity contribution is -0.131. The normalized spacial score (nSPS) is 19.3. The van der Waals surface area contributed by atoms with Crippen LogP contribution in [0.1, 0.15) is 18.4 Å². The van der Waals surface area contributed by atoms with Crippen molar-refractivity contribution in [3.8, 4) is 5.75 Å². The molecule has 1 aromatic carbocycles. The lowest BCUT2D eigenvalue weighted by Gasteiger charge is -2.31. The summed E-state index contributed by atoms with van der Waals surface area (Å²) in [4.78, 5) is 13.9. The standard InChI is InChI=1S/C14H20N2O4S/c1-20-12-5-2-4-11(8-12)9-14(17)16-7-3-6-13(10-16)21(15,18)19/h2,4-5,8,13H,3,6-7,9-10H2,1H3,(H2,15,18,19)/t13-/m0/s1. The van der Waals surface area contributed by atoms with E-state index in [0.717, 1.165) is 5.56 Å². The zero-order chi connectivity index (χ0) is 15.5. The number of hydrogen-bond donors (Lipinski definition) is 1. The molecule has 0 unspecified atom stereocenters. The van der Waals surface area contributed by atoms with Gasteiger partial charge >= 0.3 is 0 Å². The number of primary sulfonamides is 1. The first kappa shape index (κ1) is 15.8. The number of nitrogens with two attached hydrogens (primary N) is 1. The number of piperidine rings is 1. The van der Waals surface area contributed by atoms with Gasteiger partial charge in [-0.3, -0.25) is 4.79 Å². The van der Waals surface area contributed by atoms with E-state index < -0.39 is 15.3 Å². The molecule has 0 aliphatic carbocycles. The average molecular weight is 312 g/mol. The van der Waals surface area contributed by atoms with Crippen LogP contribution in [-0.4, -0.2) is 44.7 Å². The second-order valence-corrected chi connectivity index (χ2v) is 7.07. The summed E-state index contributed by atoms with van der Waals surface area (Å²) in [7, 11) is -2.02.